The standard InChI is InChI=1S/C34H37Cl3N4O4/c1-8-33(4,5)22-13-14-28(25(16-22)34(6,7)9-2)45-41(20(3)42)24-12-10-11-21(15-24)32(44)38-29-19-30(43)40(39-29)31-26(36)17-23(35)18-27(31)37/h10-18H,8-9,19H2,1-7H3,(H,38,39,44). The molecule has 0 unspecified atom stereocenters. The van der Waals surface area contributed by atoms with Gasteiger partial charge in [0.1, 0.15) is 11.5 Å². The number of hydrazone groups is 1. The van der Waals surface area contributed by atoms with E-state index in [1.807, 2.05) is 12.1 Å². The van der Waals surface area contributed by atoms with Gasteiger partial charge in [-0.15, -0.1) is 5.06 Å². The van der Waals surface area contributed by atoms with E-state index in [-0.39, 0.29) is 50.3 Å². The third-order valence-electron chi connectivity index (χ3n) is 8.30. The lowest BCUT2D eigenvalue weighted by molar-refractivity contribution is -0.120. The molecule has 0 spiro atoms. The minimum Gasteiger partial charge on any atom is -0.372 e. The van der Waals surface area contributed by atoms with Crippen molar-refractivity contribution in [2.24, 2.45) is 5.10 Å². The molecule has 0 radical (unpaired) electrons. The molecule has 3 aromatic rings. The van der Waals surface area contributed by atoms with Gasteiger partial charge in [0.25, 0.3) is 17.7 Å². The van der Waals surface area contributed by atoms with Gasteiger partial charge in [-0.2, -0.15) is 10.1 Å². The maximum Gasteiger partial charge on any atom is 0.256 e. The number of hydroxylamine groups is 1. The molecule has 4 rings (SSSR count). The van der Waals surface area contributed by atoms with Crippen LogP contribution in [0.3, 0.4) is 0 Å². The highest BCUT2D eigenvalue weighted by Gasteiger charge is 2.31. The van der Waals surface area contributed by atoms with Gasteiger partial charge in [-0.05, 0) is 65.6 Å². The van der Waals surface area contributed by atoms with Gasteiger partial charge < -0.3 is 10.2 Å². The highest BCUT2D eigenvalue weighted by Crippen LogP contribution is 2.40. The third-order valence-corrected chi connectivity index (χ3v) is 9.10. The zero-order valence-corrected chi connectivity index (χ0v) is 28.7. The van der Waals surface area contributed by atoms with E-state index in [0.29, 0.717) is 16.5 Å². The number of amidine groups is 1. The van der Waals surface area contributed by atoms with E-state index in [2.05, 4.69) is 58.0 Å². The van der Waals surface area contributed by atoms with Gasteiger partial charge in [-0.3, -0.25) is 14.4 Å². The van der Waals surface area contributed by atoms with Crippen LogP contribution < -0.4 is 20.2 Å². The van der Waals surface area contributed by atoms with E-state index >= 15 is 0 Å². The summed E-state index contributed by atoms with van der Waals surface area (Å²) >= 11 is 18.5. The van der Waals surface area contributed by atoms with Crippen LogP contribution in [-0.4, -0.2) is 23.6 Å². The lowest BCUT2D eigenvalue weighted by atomic mass is 9.76. The molecule has 1 aliphatic rings. The van der Waals surface area contributed by atoms with E-state index in [1.54, 1.807) is 18.2 Å². The lowest BCUT2D eigenvalue weighted by Crippen LogP contribution is -2.34. The zero-order valence-electron chi connectivity index (χ0n) is 26.4. The number of rotatable bonds is 9. The number of carbonyl (C=O) groups is 3. The molecule has 45 heavy (non-hydrogen) atoms. The largest absolute Gasteiger partial charge is 0.372 e. The number of nitrogens with zero attached hydrogens (tertiary/aromatic N) is 3. The average molecular weight is 672 g/mol. The summed E-state index contributed by atoms with van der Waals surface area (Å²) in [6.45, 7) is 14.4. The van der Waals surface area contributed by atoms with Gasteiger partial charge >= 0.3 is 0 Å². The Hall–Kier alpha value is -3.59. The Labute approximate surface area is 279 Å². The van der Waals surface area contributed by atoms with Crippen molar-refractivity contribution in [2.45, 2.75) is 78.6 Å². The second-order valence-corrected chi connectivity index (χ2v) is 13.5. The van der Waals surface area contributed by atoms with Crippen molar-refractivity contribution in [2.75, 3.05) is 10.1 Å². The predicted molar refractivity (Wildman–Crippen MR) is 182 cm³/mol. The quantitative estimate of drug-likeness (QED) is 0.230. The van der Waals surface area contributed by atoms with Crippen LogP contribution in [0, 0.1) is 0 Å². The van der Waals surface area contributed by atoms with Crippen LogP contribution in [-0.2, 0) is 20.4 Å². The number of carbonyl (C=O) groups excluding carboxylic acids is 3. The molecule has 0 saturated heterocycles. The Balaban J connectivity index is 1.61. The van der Waals surface area contributed by atoms with Gasteiger partial charge in [-0.1, -0.05) is 94.5 Å². The van der Waals surface area contributed by atoms with Crippen LogP contribution in [0.4, 0.5) is 11.4 Å². The van der Waals surface area contributed by atoms with E-state index < -0.39 is 11.8 Å². The summed E-state index contributed by atoms with van der Waals surface area (Å²) in [7, 11) is 0. The lowest BCUT2D eigenvalue weighted by Gasteiger charge is -2.32. The summed E-state index contributed by atoms with van der Waals surface area (Å²) < 4.78 is 0. The topological polar surface area (TPSA) is 91.3 Å². The smallest absolute Gasteiger partial charge is 0.256 e. The molecule has 0 aliphatic carbocycles. The number of anilines is 2. The van der Waals surface area contributed by atoms with Crippen molar-refractivity contribution in [3.05, 3.63) is 86.4 Å². The molecule has 1 aliphatic heterocycles. The Kier molecular flexibility index (Phi) is 10.2. The van der Waals surface area contributed by atoms with Crippen molar-refractivity contribution in [3.8, 4) is 5.75 Å². The summed E-state index contributed by atoms with van der Waals surface area (Å²) in [4.78, 5) is 45.2. The van der Waals surface area contributed by atoms with Gasteiger partial charge in [0.05, 0.1) is 22.2 Å². The SMILES string of the molecule is CCC(C)(C)c1ccc(ON(C(C)=O)c2cccc(C(=O)NC3=NN(c4c(Cl)cc(Cl)cc4Cl)C(=O)C3)c2)c(C(C)(C)CC)c1. The number of amides is 3. The monoisotopic (exact) mass is 670 g/mol. The van der Waals surface area contributed by atoms with Crippen molar-refractivity contribution >= 4 is 69.7 Å². The molecule has 0 fully saturated rings. The molecule has 11 heteroatoms. The molecular formula is C34H37Cl3N4O4. The minimum atomic E-state index is -0.527. The number of nitrogens with one attached hydrogen (secondary N) is 1. The number of hydrogen-bond donors (Lipinski definition) is 1. The molecule has 238 valence electrons. The highest BCUT2D eigenvalue weighted by atomic mass is 35.5. The molecule has 8 nitrogen and oxygen atoms in total. The fourth-order valence-electron chi connectivity index (χ4n) is 4.74. The molecule has 3 amide bonds. The number of halogens is 3. The molecule has 3 aromatic carbocycles. The number of benzene rings is 3. The number of hydrogen-bond acceptors (Lipinski definition) is 5. The van der Waals surface area contributed by atoms with E-state index in [9.17, 15) is 14.4 Å². The van der Waals surface area contributed by atoms with E-state index in [4.69, 9.17) is 39.6 Å². The van der Waals surface area contributed by atoms with Crippen molar-refractivity contribution < 1.29 is 19.2 Å². The van der Waals surface area contributed by atoms with Crippen LogP contribution in [0.15, 0.2) is 59.7 Å². The highest BCUT2D eigenvalue weighted by molar-refractivity contribution is 6.42. The van der Waals surface area contributed by atoms with Gasteiger partial charge in [0, 0.05) is 23.1 Å². The summed E-state index contributed by atoms with van der Waals surface area (Å²) in [6.07, 6.45) is 1.65. The average Bonchev–Trinajstić information content (AvgIpc) is 3.33. The van der Waals surface area contributed by atoms with Crippen molar-refractivity contribution in [3.63, 3.8) is 0 Å². The fourth-order valence-corrected chi connectivity index (χ4v) is 5.72. The first-order chi connectivity index (χ1) is 21.1. The third kappa shape index (κ3) is 7.46. The normalized spacial score (nSPS) is 13.5. The van der Waals surface area contributed by atoms with E-state index in [1.165, 1.54) is 35.7 Å². The molecule has 0 saturated carbocycles. The van der Waals surface area contributed by atoms with Crippen molar-refractivity contribution in [1.82, 2.24) is 5.32 Å². The Bertz CT molecular complexity index is 1660. The first-order valence-electron chi connectivity index (χ1n) is 14.7. The Morgan fingerprint density at radius 2 is 1.60 bits per heavy atom. The first kappa shape index (κ1) is 34.3. The maximum atomic E-state index is 13.3. The maximum absolute atomic E-state index is 13.3. The van der Waals surface area contributed by atoms with Gasteiger partial charge in [-0.25, -0.2) is 0 Å². The summed E-state index contributed by atoms with van der Waals surface area (Å²) in [5.41, 5.74) is 2.68. The second kappa shape index (κ2) is 13.4. The van der Waals surface area contributed by atoms with Gasteiger partial charge in [0.2, 0.25) is 0 Å². The minimum absolute atomic E-state index is 0.0301. The summed E-state index contributed by atoms with van der Waals surface area (Å²) in [6, 6.07) is 15.5. The van der Waals surface area contributed by atoms with Crippen LogP contribution in [0.1, 0.15) is 89.2 Å². The zero-order chi connectivity index (χ0) is 33.3. The summed E-state index contributed by atoms with van der Waals surface area (Å²) in [5, 5.41) is 9.72. The predicted octanol–water partition coefficient (Wildman–Crippen LogP) is 8.85. The van der Waals surface area contributed by atoms with Gasteiger partial charge in [0.15, 0.2) is 5.75 Å². The van der Waals surface area contributed by atoms with Crippen LogP contribution in [0.25, 0.3) is 0 Å². The first-order valence-corrected chi connectivity index (χ1v) is 15.8. The van der Waals surface area contributed by atoms with Crippen LogP contribution >= 0.6 is 34.8 Å². The van der Waals surface area contributed by atoms with E-state index in [0.717, 1.165) is 23.4 Å². The molecule has 1 N–H and O–H groups in total. The second-order valence-electron chi connectivity index (χ2n) is 12.2. The fraction of sp³-hybridized carbons (Fsp3) is 0.353. The van der Waals surface area contributed by atoms with Crippen molar-refractivity contribution in [1.29, 1.82) is 0 Å². The van der Waals surface area contributed by atoms with Crippen LogP contribution in [0.5, 0.6) is 5.75 Å². The molecule has 1 heterocycles. The van der Waals surface area contributed by atoms with Crippen LogP contribution in [0.2, 0.25) is 15.1 Å². The molecule has 0 aromatic heterocycles. The Morgan fingerprint density at radius 1 is 0.956 bits per heavy atom. The summed E-state index contributed by atoms with van der Waals surface area (Å²) in [5.74, 6) is -0.662. The molecular weight excluding hydrogens is 635 g/mol. The molecule has 0 atom stereocenters. The Morgan fingerprint density at radius 3 is 2.20 bits per heavy atom. The molecule has 0 bridgehead atoms.